The van der Waals surface area contributed by atoms with Crippen LogP contribution in [-0.4, -0.2) is 19.1 Å². The molecule has 0 radical (unpaired) electrons. The molecule has 0 aliphatic rings. The minimum absolute atomic E-state index is 0.0880. The molecule has 22 heavy (non-hydrogen) atoms. The Labute approximate surface area is 136 Å². The van der Waals surface area contributed by atoms with Crippen LogP contribution in [-0.2, 0) is 16.0 Å². The molecule has 0 saturated heterocycles. The fourth-order valence-electron chi connectivity index (χ4n) is 1.85. The highest BCUT2D eigenvalue weighted by molar-refractivity contribution is 9.10. The Bertz CT molecular complexity index is 674. The van der Waals surface area contributed by atoms with E-state index in [0.717, 1.165) is 4.47 Å². The van der Waals surface area contributed by atoms with Crippen molar-refractivity contribution < 1.29 is 14.3 Å². The van der Waals surface area contributed by atoms with Gasteiger partial charge in [0.15, 0.2) is 0 Å². The van der Waals surface area contributed by atoms with Crippen LogP contribution in [0.25, 0.3) is 0 Å². The van der Waals surface area contributed by atoms with Crippen LogP contribution in [0, 0.1) is 0 Å². The first-order valence-electron chi connectivity index (χ1n) is 6.57. The van der Waals surface area contributed by atoms with Crippen molar-refractivity contribution in [3.05, 3.63) is 58.6 Å². The number of hydrogen-bond donors (Lipinski definition) is 2. The number of ether oxygens (including phenoxy) is 1. The van der Waals surface area contributed by atoms with E-state index in [1.54, 1.807) is 30.3 Å². The number of carbonyl (C=O) groups excluding carboxylic acids is 2. The summed E-state index contributed by atoms with van der Waals surface area (Å²) in [7, 11) is 1.33. The molecule has 2 aromatic carbocycles. The van der Waals surface area contributed by atoms with Gasteiger partial charge in [-0.3, -0.25) is 4.79 Å². The quantitative estimate of drug-likeness (QED) is 0.812. The van der Waals surface area contributed by atoms with Gasteiger partial charge in [0.05, 0.1) is 13.5 Å². The standard InChI is InChI=1S/C16H15BrN2O3/c1-22-15(20)9-11-7-8-12(17)10-14(11)19-16(21)18-13-5-3-2-4-6-13/h2-8,10H,9H2,1H3,(H2,18,19,21). The number of hydrogen-bond acceptors (Lipinski definition) is 3. The molecule has 2 amide bonds. The Kier molecular flexibility index (Phi) is 5.55. The third-order valence-electron chi connectivity index (χ3n) is 2.91. The van der Waals surface area contributed by atoms with Crippen LogP contribution in [0.15, 0.2) is 53.0 Å². The molecule has 0 fully saturated rings. The summed E-state index contributed by atoms with van der Waals surface area (Å²) in [6.45, 7) is 0. The van der Waals surface area contributed by atoms with Gasteiger partial charge in [0.25, 0.3) is 0 Å². The van der Waals surface area contributed by atoms with Gasteiger partial charge in [0.1, 0.15) is 0 Å². The van der Waals surface area contributed by atoms with Crippen LogP contribution in [0.1, 0.15) is 5.56 Å². The summed E-state index contributed by atoms with van der Waals surface area (Å²) < 4.78 is 5.46. The van der Waals surface area contributed by atoms with E-state index in [4.69, 9.17) is 0 Å². The molecule has 0 aliphatic carbocycles. The lowest BCUT2D eigenvalue weighted by Gasteiger charge is -2.12. The Morgan fingerprint density at radius 1 is 1.09 bits per heavy atom. The van der Waals surface area contributed by atoms with Crippen LogP contribution >= 0.6 is 15.9 Å². The maximum Gasteiger partial charge on any atom is 0.323 e. The van der Waals surface area contributed by atoms with E-state index in [1.807, 2.05) is 18.2 Å². The third kappa shape index (κ3) is 4.60. The van der Waals surface area contributed by atoms with E-state index in [0.29, 0.717) is 16.9 Å². The average Bonchev–Trinajstić information content (AvgIpc) is 2.50. The first-order valence-corrected chi connectivity index (χ1v) is 7.36. The van der Waals surface area contributed by atoms with Crippen molar-refractivity contribution in [2.45, 2.75) is 6.42 Å². The Morgan fingerprint density at radius 2 is 1.82 bits per heavy atom. The van der Waals surface area contributed by atoms with Crippen molar-refractivity contribution in [3.8, 4) is 0 Å². The summed E-state index contributed by atoms with van der Waals surface area (Å²) in [6.07, 6.45) is 0.0880. The largest absolute Gasteiger partial charge is 0.469 e. The Morgan fingerprint density at radius 3 is 2.50 bits per heavy atom. The molecule has 0 unspecified atom stereocenters. The first-order chi connectivity index (χ1) is 10.6. The maximum absolute atomic E-state index is 12.0. The fourth-order valence-corrected chi connectivity index (χ4v) is 2.21. The van der Waals surface area contributed by atoms with Crippen molar-refractivity contribution in [1.82, 2.24) is 0 Å². The molecule has 0 heterocycles. The number of anilines is 2. The highest BCUT2D eigenvalue weighted by Crippen LogP contribution is 2.22. The first kappa shape index (κ1) is 16.0. The molecule has 114 valence electrons. The summed E-state index contributed by atoms with van der Waals surface area (Å²) in [5, 5.41) is 5.46. The summed E-state index contributed by atoms with van der Waals surface area (Å²) in [4.78, 5) is 23.5. The van der Waals surface area contributed by atoms with E-state index in [2.05, 4.69) is 31.3 Å². The van der Waals surface area contributed by atoms with Crippen molar-refractivity contribution >= 4 is 39.3 Å². The monoisotopic (exact) mass is 362 g/mol. The van der Waals surface area contributed by atoms with E-state index in [-0.39, 0.29) is 18.4 Å². The summed E-state index contributed by atoms with van der Waals surface area (Å²) in [6, 6.07) is 14.0. The van der Waals surface area contributed by atoms with Crippen LogP contribution < -0.4 is 10.6 Å². The fraction of sp³-hybridized carbons (Fsp3) is 0.125. The second-order valence-electron chi connectivity index (χ2n) is 4.50. The summed E-state index contributed by atoms with van der Waals surface area (Å²) in [5.74, 6) is -0.367. The molecule has 0 aliphatic heterocycles. The van der Waals surface area contributed by atoms with Crippen LogP contribution in [0.3, 0.4) is 0 Å². The van der Waals surface area contributed by atoms with Gasteiger partial charge in [-0.1, -0.05) is 40.2 Å². The zero-order valence-electron chi connectivity index (χ0n) is 11.9. The normalized spacial score (nSPS) is 9.91. The van der Waals surface area contributed by atoms with Crippen LogP contribution in [0.5, 0.6) is 0 Å². The molecule has 0 spiro atoms. The van der Waals surface area contributed by atoms with E-state index in [1.165, 1.54) is 7.11 Å². The van der Waals surface area contributed by atoms with Gasteiger partial charge in [-0.05, 0) is 29.8 Å². The van der Waals surface area contributed by atoms with Gasteiger partial charge < -0.3 is 15.4 Å². The average molecular weight is 363 g/mol. The summed E-state index contributed by atoms with van der Waals surface area (Å²) in [5.41, 5.74) is 1.91. The Balaban J connectivity index is 2.12. The van der Waals surface area contributed by atoms with E-state index in [9.17, 15) is 9.59 Å². The zero-order chi connectivity index (χ0) is 15.9. The molecule has 2 N–H and O–H groups in total. The minimum atomic E-state index is -0.379. The van der Waals surface area contributed by atoms with E-state index < -0.39 is 0 Å². The van der Waals surface area contributed by atoms with Gasteiger partial charge in [0.2, 0.25) is 0 Å². The number of benzene rings is 2. The lowest BCUT2D eigenvalue weighted by atomic mass is 10.1. The number of esters is 1. The molecule has 6 heteroatoms. The number of para-hydroxylation sites is 1. The highest BCUT2D eigenvalue weighted by Gasteiger charge is 2.11. The zero-order valence-corrected chi connectivity index (χ0v) is 13.5. The van der Waals surface area contributed by atoms with Gasteiger partial charge in [-0.15, -0.1) is 0 Å². The number of carbonyl (C=O) groups is 2. The maximum atomic E-state index is 12.0. The number of amides is 2. The topological polar surface area (TPSA) is 67.4 Å². The number of nitrogens with one attached hydrogen (secondary N) is 2. The number of urea groups is 1. The lowest BCUT2D eigenvalue weighted by Crippen LogP contribution is -2.20. The molecule has 0 bridgehead atoms. The summed E-state index contributed by atoms with van der Waals surface area (Å²) >= 11 is 3.35. The predicted octanol–water partition coefficient (Wildman–Crippen LogP) is 3.81. The predicted molar refractivity (Wildman–Crippen MR) is 88.9 cm³/mol. The molecular formula is C16H15BrN2O3. The minimum Gasteiger partial charge on any atom is -0.469 e. The second kappa shape index (κ2) is 7.61. The second-order valence-corrected chi connectivity index (χ2v) is 5.42. The molecular weight excluding hydrogens is 348 g/mol. The van der Waals surface area contributed by atoms with E-state index >= 15 is 0 Å². The molecule has 2 rings (SSSR count). The van der Waals surface area contributed by atoms with Crippen molar-refractivity contribution in [2.75, 3.05) is 17.7 Å². The van der Waals surface area contributed by atoms with Crippen molar-refractivity contribution in [3.63, 3.8) is 0 Å². The lowest BCUT2D eigenvalue weighted by molar-refractivity contribution is -0.139. The smallest absolute Gasteiger partial charge is 0.323 e. The Hall–Kier alpha value is -2.34. The molecule has 2 aromatic rings. The van der Waals surface area contributed by atoms with Crippen molar-refractivity contribution in [2.24, 2.45) is 0 Å². The number of methoxy groups -OCH3 is 1. The van der Waals surface area contributed by atoms with Gasteiger partial charge in [-0.25, -0.2) is 4.79 Å². The van der Waals surface area contributed by atoms with Gasteiger partial charge >= 0.3 is 12.0 Å². The SMILES string of the molecule is COC(=O)Cc1ccc(Br)cc1NC(=O)Nc1ccccc1. The van der Waals surface area contributed by atoms with Gasteiger partial charge in [-0.2, -0.15) is 0 Å². The molecule has 0 aromatic heterocycles. The highest BCUT2D eigenvalue weighted by atomic mass is 79.9. The number of halogens is 1. The number of rotatable bonds is 4. The van der Waals surface area contributed by atoms with Crippen LogP contribution in [0.2, 0.25) is 0 Å². The molecule has 0 saturated carbocycles. The van der Waals surface area contributed by atoms with Gasteiger partial charge in [0, 0.05) is 15.8 Å². The molecule has 5 nitrogen and oxygen atoms in total. The van der Waals surface area contributed by atoms with Crippen LogP contribution in [0.4, 0.5) is 16.2 Å². The third-order valence-corrected chi connectivity index (χ3v) is 3.41. The van der Waals surface area contributed by atoms with Crippen molar-refractivity contribution in [1.29, 1.82) is 0 Å². The molecule has 0 atom stereocenters.